The normalized spacial score (nSPS) is 11.5. The van der Waals surface area contributed by atoms with Gasteiger partial charge < -0.3 is 0 Å². The summed E-state index contributed by atoms with van der Waals surface area (Å²) in [7, 11) is 0. The van der Waals surface area contributed by atoms with E-state index in [9.17, 15) is 22.8 Å². The summed E-state index contributed by atoms with van der Waals surface area (Å²) in [4.78, 5) is 24.7. The van der Waals surface area contributed by atoms with Crippen molar-refractivity contribution in [1.29, 1.82) is 0 Å². The van der Waals surface area contributed by atoms with Crippen molar-refractivity contribution in [3.63, 3.8) is 0 Å². The Hall–Kier alpha value is -3.21. The second-order valence-corrected chi connectivity index (χ2v) is 9.62. The molecule has 3 rings (SSSR count). The third kappa shape index (κ3) is 8.70. The van der Waals surface area contributed by atoms with Gasteiger partial charge in [-0.05, 0) is 71.7 Å². The fourth-order valence-corrected chi connectivity index (χ4v) is 4.48. The van der Waals surface area contributed by atoms with Gasteiger partial charge in [-0.1, -0.05) is 75.2 Å². The van der Waals surface area contributed by atoms with E-state index < -0.39 is 11.7 Å². The Labute approximate surface area is 217 Å². The minimum absolute atomic E-state index is 0.0241. The van der Waals surface area contributed by atoms with E-state index in [1.807, 2.05) is 55.5 Å². The number of carbonyl (C=O) groups is 2. The van der Waals surface area contributed by atoms with Gasteiger partial charge in [0.1, 0.15) is 5.78 Å². The van der Waals surface area contributed by atoms with Crippen LogP contribution in [0.3, 0.4) is 0 Å². The van der Waals surface area contributed by atoms with Crippen molar-refractivity contribution in [3.05, 3.63) is 106 Å². The van der Waals surface area contributed by atoms with Crippen LogP contribution in [0.15, 0.2) is 66.7 Å². The van der Waals surface area contributed by atoms with Crippen molar-refractivity contribution in [3.8, 4) is 0 Å². The first-order chi connectivity index (χ1) is 17.7. The Morgan fingerprint density at radius 1 is 0.757 bits per heavy atom. The molecule has 0 spiro atoms. The number of aryl methyl sites for hydroxylation is 2. The van der Waals surface area contributed by atoms with Crippen LogP contribution < -0.4 is 0 Å². The molecule has 0 aliphatic carbocycles. The summed E-state index contributed by atoms with van der Waals surface area (Å²) in [6, 6.07) is 19.5. The zero-order chi connectivity index (χ0) is 26.8. The molecule has 0 atom stereocenters. The first kappa shape index (κ1) is 28.4. The average molecular weight is 509 g/mol. The molecular formula is C32H35F3O2. The second kappa shape index (κ2) is 13.4. The van der Waals surface area contributed by atoms with Crippen molar-refractivity contribution in [2.24, 2.45) is 0 Å². The van der Waals surface area contributed by atoms with Gasteiger partial charge in [0.2, 0.25) is 0 Å². The maximum atomic E-state index is 13.3. The molecule has 0 aliphatic rings. The van der Waals surface area contributed by atoms with Gasteiger partial charge in [-0.25, -0.2) is 0 Å². The summed E-state index contributed by atoms with van der Waals surface area (Å²) in [6.45, 7) is 3.93. The monoisotopic (exact) mass is 508 g/mol. The van der Waals surface area contributed by atoms with Gasteiger partial charge in [-0.2, -0.15) is 13.2 Å². The maximum absolute atomic E-state index is 13.3. The van der Waals surface area contributed by atoms with E-state index in [2.05, 4.69) is 6.92 Å². The lowest BCUT2D eigenvalue weighted by atomic mass is 9.93. The molecule has 37 heavy (non-hydrogen) atoms. The van der Waals surface area contributed by atoms with E-state index in [0.29, 0.717) is 31.2 Å². The van der Waals surface area contributed by atoms with Crippen LogP contribution in [0.25, 0.3) is 0 Å². The summed E-state index contributed by atoms with van der Waals surface area (Å²) in [5.74, 6) is 0.0672. The summed E-state index contributed by atoms with van der Waals surface area (Å²) in [5.41, 5.74) is 4.55. The van der Waals surface area contributed by atoms with Gasteiger partial charge in [0, 0.05) is 24.8 Å². The smallest absolute Gasteiger partial charge is 0.299 e. The highest BCUT2D eigenvalue weighted by Gasteiger charge is 2.31. The van der Waals surface area contributed by atoms with Crippen LogP contribution in [0, 0.1) is 0 Å². The van der Waals surface area contributed by atoms with Crippen molar-refractivity contribution >= 4 is 11.6 Å². The largest absolute Gasteiger partial charge is 0.416 e. The molecule has 3 aromatic carbocycles. The summed E-state index contributed by atoms with van der Waals surface area (Å²) < 4.78 is 39.8. The van der Waals surface area contributed by atoms with E-state index in [1.54, 1.807) is 0 Å². The molecule has 0 heterocycles. The Kier molecular flexibility index (Phi) is 10.2. The highest BCUT2D eigenvalue weighted by Crippen LogP contribution is 2.31. The number of carbonyl (C=O) groups excluding carboxylic acids is 2. The highest BCUT2D eigenvalue weighted by molar-refractivity contribution is 5.96. The molecule has 0 amide bonds. The molecule has 0 saturated carbocycles. The number of Topliss-reactive ketones (excluding diaryl/α,β-unsaturated/α-hetero) is 2. The number of ketones is 2. The van der Waals surface area contributed by atoms with Gasteiger partial charge in [0.25, 0.3) is 0 Å². The Morgan fingerprint density at radius 2 is 1.49 bits per heavy atom. The van der Waals surface area contributed by atoms with Crippen LogP contribution in [-0.2, 0) is 36.7 Å². The number of hydrogen-bond acceptors (Lipinski definition) is 2. The van der Waals surface area contributed by atoms with Crippen molar-refractivity contribution in [2.45, 2.75) is 77.8 Å². The third-order valence-corrected chi connectivity index (χ3v) is 6.66. The fourth-order valence-electron chi connectivity index (χ4n) is 4.48. The molecule has 0 aliphatic heterocycles. The minimum Gasteiger partial charge on any atom is -0.299 e. The minimum atomic E-state index is -4.42. The second-order valence-electron chi connectivity index (χ2n) is 9.62. The van der Waals surface area contributed by atoms with Crippen LogP contribution in [-0.4, -0.2) is 11.6 Å². The van der Waals surface area contributed by atoms with Gasteiger partial charge in [0.15, 0.2) is 5.78 Å². The summed E-state index contributed by atoms with van der Waals surface area (Å²) >= 11 is 0. The molecule has 0 bridgehead atoms. The van der Waals surface area contributed by atoms with Crippen LogP contribution in [0.4, 0.5) is 13.2 Å². The van der Waals surface area contributed by atoms with Crippen LogP contribution in [0.2, 0.25) is 0 Å². The topological polar surface area (TPSA) is 34.1 Å². The lowest BCUT2D eigenvalue weighted by Crippen LogP contribution is -2.11. The quantitative estimate of drug-likeness (QED) is 0.172. The Morgan fingerprint density at radius 3 is 2.16 bits per heavy atom. The number of hydrogen-bond donors (Lipinski definition) is 0. The van der Waals surface area contributed by atoms with Crippen LogP contribution in [0.1, 0.15) is 89.7 Å². The van der Waals surface area contributed by atoms with Gasteiger partial charge >= 0.3 is 6.18 Å². The van der Waals surface area contributed by atoms with E-state index >= 15 is 0 Å². The van der Waals surface area contributed by atoms with E-state index in [0.717, 1.165) is 59.2 Å². The van der Waals surface area contributed by atoms with Crippen molar-refractivity contribution < 1.29 is 22.8 Å². The molecule has 0 unspecified atom stereocenters. The molecule has 2 nitrogen and oxygen atoms in total. The molecule has 0 saturated heterocycles. The first-order valence-electron chi connectivity index (χ1n) is 13.1. The third-order valence-electron chi connectivity index (χ3n) is 6.66. The highest BCUT2D eigenvalue weighted by atomic mass is 19.4. The standard InChI is InChI=1S/C32H35F3O2/c1-3-5-6-9-26-16-17-29(32(33,34)35)21-28(26)22-30(36)18-15-23-11-13-24(14-12-23)19-25-8-7-10-27(20-25)31(37)4-2/h7-8,10-14,16-17,20-21H,3-6,9,15,18-19,22H2,1-2H3. The lowest BCUT2D eigenvalue weighted by Gasteiger charge is -2.14. The molecule has 196 valence electrons. The van der Waals surface area contributed by atoms with Crippen molar-refractivity contribution in [1.82, 2.24) is 0 Å². The van der Waals surface area contributed by atoms with E-state index in [-0.39, 0.29) is 24.4 Å². The fraction of sp³-hybridized carbons (Fsp3) is 0.375. The average Bonchev–Trinajstić information content (AvgIpc) is 2.88. The SMILES string of the molecule is CCCCCc1ccc(C(F)(F)F)cc1CC(=O)CCc1ccc(Cc2cccc(C(=O)CC)c2)cc1. The molecule has 0 N–H and O–H groups in total. The Bertz CT molecular complexity index is 1190. The molecule has 0 aromatic heterocycles. The number of benzene rings is 3. The molecular weight excluding hydrogens is 473 g/mol. The number of rotatable bonds is 13. The van der Waals surface area contributed by atoms with E-state index in [1.165, 1.54) is 6.07 Å². The lowest BCUT2D eigenvalue weighted by molar-refractivity contribution is -0.137. The first-order valence-corrected chi connectivity index (χ1v) is 13.1. The van der Waals surface area contributed by atoms with Crippen LogP contribution in [0.5, 0.6) is 0 Å². The molecule has 0 fully saturated rings. The summed E-state index contributed by atoms with van der Waals surface area (Å²) in [6.07, 6.45) is 1.23. The molecule has 5 heteroatoms. The number of unbranched alkanes of at least 4 members (excludes halogenated alkanes) is 2. The number of halogens is 3. The predicted octanol–water partition coefficient (Wildman–Crippen LogP) is 8.37. The number of alkyl halides is 3. The van der Waals surface area contributed by atoms with Gasteiger partial charge in [0.05, 0.1) is 5.56 Å². The summed E-state index contributed by atoms with van der Waals surface area (Å²) in [5, 5.41) is 0. The maximum Gasteiger partial charge on any atom is 0.416 e. The Balaban J connectivity index is 1.60. The zero-order valence-electron chi connectivity index (χ0n) is 21.7. The molecule has 0 radical (unpaired) electrons. The van der Waals surface area contributed by atoms with Crippen molar-refractivity contribution in [2.75, 3.05) is 0 Å². The van der Waals surface area contributed by atoms with Gasteiger partial charge in [-0.15, -0.1) is 0 Å². The molecule has 3 aromatic rings. The zero-order valence-corrected chi connectivity index (χ0v) is 21.7. The van der Waals surface area contributed by atoms with E-state index in [4.69, 9.17) is 0 Å². The van der Waals surface area contributed by atoms with Gasteiger partial charge in [-0.3, -0.25) is 9.59 Å². The predicted molar refractivity (Wildman–Crippen MR) is 142 cm³/mol. The van der Waals surface area contributed by atoms with Crippen LogP contribution >= 0.6 is 0 Å².